The number of hydrogen-bond donors (Lipinski definition) is 0. The maximum absolute atomic E-state index is 13.5. The van der Waals surface area contributed by atoms with Crippen molar-refractivity contribution in [2.45, 2.75) is 57.5 Å². The summed E-state index contributed by atoms with van der Waals surface area (Å²) in [5, 5.41) is 11.0. The van der Waals surface area contributed by atoms with E-state index in [9.17, 15) is 24.5 Å². The topological polar surface area (TPSA) is 101 Å². The van der Waals surface area contributed by atoms with Crippen molar-refractivity contribution in [1.29, 1.82) is 0 Å². The second kappa shape index (κ2) is 8.90. The fourth-order valence-corrected chi connectivity index (χ4v) is 4.59. The van der Waals surface area contributed by atoms with E-state index < -0.39 is 16.9 Å². The Morgan fingerprint density at radius 1 is 1.00 bits per heavy atom. The second-order valence-electron chi connectivity index (χ2n) is 8.43. The van der Waals surface area contributed by atoms with Gasteiger partial charge in [0.05, 0.1) is 17.0 Å². The van der Waals surface area contributed by atoms with Crippen molar-refractivity contribution in [2.24, 2.45) is 0 Å². The number of hydrogen-bond acceptors (Lipinski definition) is 5. The number of anilines is 1. The largest absolute Gasteiger partial charge is 0.323 e. The highest BCUT2D eigenvalue weighted by Crippen LogP contribution is 2.32. The molecule has 2 aliphatic rings. The second-order valence-corrected chi connectivity index (χ2v) is 8.43. The number of carbonyl (C=O) groups is 3. The summed E-state index contributed by atoms with van der Waals surface area (Å²) in [6.07, 6.45) is 4.43. The normalized spacial score (nSPS) is 19.3. The van der Waals surface area contributed by atoms with Gasteiger partial charge in [0.1, 0.15) is 6.04 Å². The Kier molecular flexibility index (Phi) is 6.03. The average molecular weight is 435 g/mol. The Morgan fingerprint density at radius 2 is 1.62 bits per heavy atom. The fraction of sp³-hybridized carbons (Fsp3) is 0.375. The molecule has 0 N–H and O–H groups in total. The van der Waals surface area contributed by atoms with E-state index in [1.54, 1.807) is 17.0 Å². The van der Waals surface area contributed by atoms with Gasteiger partial charge in [-0.05, 0) is 44.0 Å². The van der Waals surface area contributed by atoms with Crippen molar-refractivity contribution < 1.29 is 19.3 Å². The molecule has 2 aromatic carbocycles. The molecule has 1 aliphatic carbocycles. The molecule has 2 aromatic rings. The van der Waals surface area contributed by atoms with Gasteiger partial charge >= 0.3 is 0 Å². The molecule has 1 saturated carbocycles. The van der Waals surface area contributed by atoms with Crippen LogP contribution in [0.2, 0.25) is 0 Å². The molecule has 1 heterocycles. The highest BCUT2D eigenvalue weighted by molar-refractivity contribution is 6.23. The van der Waals surface area contributed by atoms with Gasteiger partial charge in [-0.15, -0.1) is 0 Å². The maximum Gasteiger partial charge on any atom is 0.269 e. The number of nitrogens with zero attached hydrogens (tertiary/aromatic N) is 3. The first-order valence-electron chi connectivity index (χ1n) is 10.9. The minimum Gasteiger partial charge on any atom is -0.323 e. The van der Waals surface area contributed by atoms with Crippen LogP contribution in [-0.2, 0) is 9.59 Å². The van der Waals surface area contributed by atoms with Crippen LogP contribution >= 0.6 is 0 Å². The standard InChI is InChI=1S/C24H25N3O5/c1-16-7-11-19(12-8-16)26-22(28)15-21(24(26)30)25(18-5-3-2-4-6-18)23(29)17-9-13-20(14-10-17)27(31)32/h7-14,18,21H,2-6,15H2,1H3. The van der Waals surface area contributed by atoms with Crippen molar-refractivity contribution in [1.82, 2.24) is 4.90 Å². The summed E-state index contributed by atoms with van der Waals surface area (Å²) in [6.45, 7) is 1.92. The monoisotopic (exact) mass is 435 g/mol. The van der Waals surface area contributed by atoms with Gasteiger partial charge in [-0.1, -0.05) is 37.0 Å². The van der Waals surface area contributed by atoms with Gasteiger partial charge in [0.15, 0.2) is 0 Å². The summed E-state index contributed by atoms with van der Waals surface area (Å²) >= 11 is 0. The Morgan fingerprint density at radius 3 is 2.22 bits per heavy atom. The smallest absolute Gasteiger partial charge is 0.269 e. The van der Waals surface area contributed by atoms with Crippen molar-refractivity contribution in [3.8, 4) is 0 Å². The molecule has 32 heavy (non-hydrogen) atoms. The van der Waals surface area contributed by atoms with Gasteiger partial charge in [0.2, 0.25) is 5.91 Å². The summed E-state index contributed by atoms with van der Waals surface area (Å²) in [5.41, 5.74) is 1.68. The lowest BCUT2D eigenvalue weighted by atomic mass is 9.92. The van der Waals surface area contributed by atoms with Gasteiger partial charge < -0.3 is 4.90 Å². The van der Waals surface area contributed by atoms with Crippen molar-refractivity contribution in [2.75, 3.05) is 4.90 Å². The van der Waals surface area contributed by atoms with Gasteiger partial charge in [-0.2, -0.15) is 0 Å². The van der Waals surface area contributed by atoms with E-state index >= 15 is 0 Å². The van der Waals surface area contributed by atoms with Crippen LogP contribution in [0.3, 0.4) is 0 Å². The van der Waals surface area contributed by atoms with Crippen molar-refractivity contribution in [3.05, 3.63) is 69.8 Å². The highest BCUT2D eigenvalue weighted by Gasteiger charge is 2.46. The first kappa shape index (κ1) is 21.7. The van der Waals surface area contributed by atoms with Crippen LogP contribution < -0.4 is 4.90 Å². The number of non-ortho nitro benzene ring substituents is 1. The number of amides is 3. The maximum atomic E-state index is 13.5. The lowest BCUT2D eigenvalue weighted by molar-refractivity contribution is -0.384. The molecule has 1 unspecified atom stereocenters. The van der Waals surface area contributed by atoms with Crippen LogP contribution in [-0.4, -0.2) is 39.6 Å². The summed E-state index contributed by atoms with van der Waals surface area (Å²) in [4.78, 5) is 52.9. The molecule has 0 spiro atoms. The summed E-state index contributed by atoms with van der Waals surface area (Å²) in [7, 11) is 0. The van der Waals surface area contributed by atoms with E-state index in [1.807, 2.05) is 19.1 Å². The zero-order valence-electron chi connectivity index (χ0n) is 17.9. The number of nitro benzene ring substituents is 1. The van der Waals surface area contributed by atoms with Crippen LogP contribution in [0.15, 0.2) is 48.5 Å². The molecule has 0 radical (unpaired) electrons. The number of aryl methyl sites for hydroxylation is 1. The number of imide groups is 1. The SMILES string of the molecule is Cc1ccc(N2C(=O)CC(N(C(=O)c3ccc([N+](=O)[O-])cc3)C3CCCCC3)C2=O)cc1. The molecular formula is C24H25N3O5. The third-order valence-corrected chi connectivity index (χ3v) is 6.28. The molecule has 1 saturated heterocycles. The Hall–Kier alpha value is -3.55. The predicted octanol–water partition coefficient (Wildman–Crippen LogP) is 4.01. The zero-order valence-corrected chi connectivity index (χ0v) is 17.9. The first-order valence-corrected chi connectivity index (χ1v) is 10.9. The molecule has 3 amide bonds. The predicted molar refractivity (Wildman–Crippen MR) is 118 cm³/mol. The number of nitro groups is 1. The molecule has 2 fully saturated rings. The quantitative estimate of drug-likeness (QED) is 0.401. The van der Waals surface area contributed by atoms with Gasteiger partial charge in [0, 0.05) is 23.7 Å². The van der Waals surface area contributed by atoms with Crippen LogP contribution in [0.4, 0.5) is 11.4 Å². The third kappa shape index (κ3) is 4.12. The molecular weight excluding hydrogens is 410 g/mol. The molecule has 8 nitrogen and oxygen atoms in total. The Bertz CT molecular complexity index is 1040. The number of benzene rings is 2. The Balaban J connectivity index is 1.66. The molecule has 0 aromatic heterocycles. The minimum atomic E-state index is -0.880. The third-order valence-electron chi connectivity index (χ3n) is 6.28. The number of rotatable bonds is 5. The summed E-state index contributed by atoms with van der Waals surface area (Å²) in [6, 6.07) is 11.5. The summed E-state index contributed by atoms with van der Waals surface area (Å²) in [5.74, 6) is -1.11. The lowest BCUT2D eigenvalue weighted by Crippen LogP contribution is -2.51. The van der Waals surface area contributed by atoms with E-state index in [2.05, 4.69) is 0 Å². The molecule has 0 bridgehead atoms. The fourth-order valence-electron chi connectivity index (χ4n) is 4.59. The van der Waals surface area contributed by atoms with Gasteiger partial charge in [0.25, 0.3) is 17.5 Å². The van der Waals surface area contributed by atoms with E-state index in [1.165, 1.54) is 29.2 Å². The molecule has 1 aliphatic heterocycles. The summed E-state index contributed by atoms with van der Waals surface area (Å²) < 4.78 is 0. The number of carbonyl (C=O) groups excluding carboxylic acids is 3. The van der Waals surface area contributed by atoms with E-state index in [0.717, 1.165) is 37.7 Å². The van der Waals surface area contributed by atoms with Gasteiger partial charge in [-0.3, -0.25) is 24.5 Å². The average Bonchev–Trinajstić information content (AvgIpc) is 3.09. The molecule has 8 heteroatoms. The van der Waals surface area contributed by atoms with Gasteiger partial charge in [-0.25, -0.2) is 4.90 Å². The van der Waals surface area contributed by atoms with Crippen molar-refractivity contribution >= 4 is 29.1 Å². The van der Waals surface area contributed by atoms with Crippen LogP contribution in [0.1, 0.15) is 54.4 Å². The van der Waals surface area contributed by atoms with Crippen LogP contribution in [0.25, 0.3) is 0 Å². The first-order chi connectivity index (χ1) is 15.4. The lowest BCUT2D eigenvalue weighted by Gasteiger charge is -2.37. The van der Waals surface area contributed by atoms with Crippen LogP contribution in [0.5, 0.6) is 0 Å². The highest BCUT2D eigenvalue weighted by atomic mass is 16.6. The van der Waals surface area contributed by atoms with E-state index in [0.29, 0.717) is 5.69 Å². The molecule has 166 valence electrons. The minimum absolute atomic E-state index is 0.0675. The van der Waals surface area contributed by atoms with Crippen LogP contribution in [0, 0.1) is 17.0 Å². The Labute approximate surface area is 186 Å². The molecule has 4 rings (SSSR count). The van der Waals surface area contributed by atoms with E-state index in [-0.39, 0.29) is 35.5 Å². The van der Waals surface area contributed by atoms with E-state index in [4.69, 9.17) is 0 Å². The molecule has 1 atom stereocenters. The van der Waals surface area contributed by atoms with Crippen molar-refractivity contribution in [3.63, 3.8) is 0 Å². The zero-order chi connectivity index (χ0) is 22.8.